The van der Waals surface area contributed by atoms with Crippen molar-refractivity contribution in [2.24, 2.45) is 0 Å². The molecular weight excluding hydrogens is 340 g/mol. The minimum atomic E-state index is -0.523. The van der Waals surface area contributed by atoms with E-state index in [-0.39, 0.29) is 0 Å². The van der Waals surface area contributed by atoms with Gasteiger partial charge >= 0.3 is 0 Å². The lowest BCUT2D eigenvalue weighted by atomic mass is 10.2. The van der Waals surface area contributed by atoms with Gasteiger partial charge in [0.1, 0.15) is 0 Å². The van der Waals surface area contributed by atoms with Crippen LogP contribution in [0.25, 0.3) is 0 Å². The number of hydrogen-bond donors (Lipinski definition) is 1. The Labute approximate surface area is 162 Å². The van der Waals surface area contributed by atoms with Crippen LogP contribution in [0.4, 0.5) is 0 Å². The fourth-order valence-corrected chi connectivity index (χ4v) is 3.06. The van der Waals surface area contributed by atoms with E-state index in [1.807, 2.05) is 6.07 Å². The van der Waals surface area contributed by atoms with E-state index >= 15 is 0 Å². The summed E-state index contributed by atoms with van der Waals surface area (Å²) in [5, 5.41) is 10.3. The number of nitrogens with zero attached hydrogens (tertiary/aromatic N) is 2. The van der Waals surface area contributed by atoms with E-state index in [2.05, 4.69) is 58.6 Å². The third kappa shape index (κ3) is 8.10. The molecule has 5 nitrogen and oxygen atoms in total. The molecule has 0 saturated carbocycles. The molecule has 148 valence electrons. The topological polar surface area (TPSA) is 46.9 Å². The van der Waals surface area contributed by atoms with Crippen molar-refractivity contribution in [3.05, 3.63) is 72.6 Å². The molecule has 0 spiro atoms. The van der Waals surface area contributed by atoms with E-state index in [0.717, 1.165) is 26.1 Å². The summed E-state index contributed by atoms with van der Waals surface area (Å²) in [5.74, 6) is 0. The molecule has 2 aromatic rings. The SMILES string of the molecule is C=CCOC[C@@H](O)CN(CCCOC)Cc1cccn1Cc1ccccc1. The van der Waals surface area contributed by atoms with Crippen molar-refractivity contribution in [3.63, 3.8) is 0 Å². The van der Waals surface area contributed by atoms with Crippen molar-refractivity contribution in [3.8, 4) is 0 Å². The second-order valence-corrected chi connectivity index (χ2v) is 6.67. The Morgan fingerprint density at radius 1 is 1.22 bits per heavy atom. The van der Waals surface area contributed by atoms with Gasteiger partial charge in [-0.15, -0.1) is 6.58 Å². The maximum absolute atomic E-state index is 10.3. The molecule has 0 amide bonds. The highest BCUT2D eigenvalue weighted by molar-refractivity contribution is 5.17. The lowest BCUT2D eigenvalue weighted by molar-refractivity contribution is 0.0225. The lowest BCUT2D eigenvalue weighted by Crippen LogP contribution is -2.36. The molecule has 0 unspecified atom stereocenters. The van der Waals surface area contributed by atoms with Crippen LogP contribution in [0, 0.1) is 0 Å². The van der Waals surface area contributed by atoms with E-state index in [9.17, 15) is 5.11 Å². The first-order valence-corrected chi connectivity index (χ1v) is 9.49. The number of ether oxygens (including phenoxy) is 2. The summed E-state index contributed by atoms with van der Waals surface area (Å²) in [6, 6.07) is 14.7. The molecule has 1 aromatic heterocycles. The number of aliphatic hydroxyl groups excluding tert-OH is 1. The summed E-state index contributed by atoms with van der Waals surface area (Å²) in [5.41, 5.74) is 2.51. The van der Waals surface area contributed by atoms with Crippen molar-refractivity contribution < 1.29 is 14.6 Å². The molecular formula is C22H32N2O3. The van der Waals surface area contributed by atoms with Gasteiger partial charge in [-0.3, -0.25) is 4.90 Å². The lowest BCUT2D eigenvalue weighted by Gasteiger charge is -2.25. The molecule has 1 atom stereocenters. The van der Waals surface area contributed by atoms with Crippen molar-refractivity contribution in [2.45, 2.75) is 25.6 Å². The van der Waals surface area contributed by atoms with E-state index in [1.54, 1.807) is 13.2 Å². The second-order valence-electron chi connectivity index (χ2n) is 6.67. The minimum Gasteiger partial charge on any atom is -0.389 e. The minimum absolute atomic E-state index is 0.317. The maximum Gasteiger partial charge on any atom is 0.0900 e. The molecule has 1 aromatic carbocycles. The molecule has 1 heterocycles. The first-order valence-electron chi connectivity index (χ1n) is 9.49. The number of aliphatic hydroxyl groups is 1. The molecule has 2 rings (SSSR count). The van der Waals surface area contributed by atoms with Gasteiger partial charge in [-0.05, 0) is 24.1 Å². The van der Waals surface area contributed by atoms with Crippen LogP contribution < -0.4 is 0 Å². The molecule has 1 N–H and O–H groups in total. The Bertz CT molecular complexity index is 642. The first-order chi connectivity index (χ1) is 13.2. The highest BCUT2D eigenvalue weighted by atomic mass is 16.5. The molecule has 0 fully saturated rings. The Morgan fingerprint density at radius 2 is 2.04 bits per heavy atom. The van der Waals surface area contributed by atoms with Gasteiger partial charge in [0.2, 0.25) is 0 Å². The highest BCUT2D eigenvalue weighted by Crippen LogP contribution is 2.11. The standard InChI is InChI=1S/C22H32N2O3/c1-3-14-27-19-22(25)18-23(12-8-15-26-2)17-21-11-7-13-24(21)16-20-9-5-4-6-10-20/h3-7,9-11,13,22,25H,1,8,12,14-19H2,2H3/t22-/m0/s1. The van der Waals surface area contributed by atoms with Gasteiger partial charge in [0, 0.05) is 51.8 Å². The van der Waals surface area contributed by atoms with Gasteiger partial charge in [-0.25, -0.2) is 0 Å². The maximum atomic E-state index is 10.3. The zero-order valence-corrected chi connectivity index (χ0v) is 16.3. The van der Waals surface area contributed by atoms with Crippen molar-refractivity contribution in [1.29, 1.82) is 0 Å². The summed E-state index contributed by atoms with van der Waals surface area (Å²) in [6.45, 7) is 8.18. The van der Waals surface area contributed by atoms with Crippen LogP contribution >= 0.6 is 0 Å². The van der Waals surface area contributed by atoms with Gasteiger partial charge < -0.3 is 19.1 Å². The van der Waals surface area contributed by atoms with E-state index < -0.39 is 6.10 Å². The summed E-state index contributed by atoms with van der Waals surface area (Å²) < 4.78 is 12.8. The molecule has 0 bridgehead atoms. The molecule has 5 heteroatoms. The second kappa shape index (κ2) is 12.5. The van der Waals surface area contributed by atoms with E-state index in [1.165, 1.54) is 11.3 Å². The number of benzene rings is 1. The van der Waals surface area contributed by atoms with Gasteiger partial charge in [0.15, 0.2) is 0 Å². The Hall–Kier alpha value is -1.92. The van der Waals surface area contributed by atoms with Crippen LogP contribution in [0.1, 0.15) is 17.7 Å². The fraction of sp³-hybridized carbons (Fsp3) is 0.455. The van der Waals surface area contributed by atoms with Crippen LogP contribution in [0.3, 0.4) is 0 Å². The predicted octanol–water partition coefficient (Wildman–Crippen LogP) is 2.94. The van der Waals surface area contributed by atoms with Crippen LogP contribution in [0.5, 0.6) is 0 Å². The predicted molar refractivity (Wildman–Crippen MR) is 109 cm³/mol. The Balaban J connectivity index is 1.97. The summed E-state index contributed by atoms with van der Waals surface area (Å²) in [4.78, 5) is 2.26. The summed E-state index contributed by atoms with van der Waals surface area (Å²) in [7, 11) is 1.72. The molecule has 0 aliphatic carbocycles. The van der Waals surface area contributed by atoms with Gasteiger partial charge in [0.05, 0.1) is 19.3 Å². The molecule has 0 aliphatic heterocycles. The number of hydrogen-bond acceptors (Lipinski definition) is 4. The van der Waals surface area contributed by atoms with Crippen LogP contribution in [0.2, 0.25) is 0 Å². The van der Waals surface area contributed by atoms with Gasteiger partial charge in [0.25, 0.3) is 0 Å². The monoisotopic (exact) mass is 372 g/mol. The zero-order valence-electron chi connectivity index (χ0n) is 16.3. The van der Waals surface area contributed by atoms with Crippen LogP contribution in [0.15, 0.2) is 61.3 Å². The first kappa shape index (κ1) is 21.4. The summed E-state index contributed by atoms with van der Waals surface area (Å²) in [6.07, 6.45) is 4.21. The number of aromatic nitrogens is 1. The quantitative estimate of drug-likeness (QED) is 0.409. The average Bonchev–Trinajstić information content (AvgIpc) is 3.09. The average molecular weight is 373 g/mol. The summed E-state index contributed by atoms with van der Waals surface area (Å²) >= 11 is 0. The molecule has 0 aliphatic rings. The zero-order chi connectivity index (χ0) is 19.3. The smallest absolute Gasteiger partial charge is 0.0900 e. The number of rotatable bonds is 14. The molecule has 0 saturated heterocycles. The van der Waals surface area contributed by atoms with Gasteiger partial charge in [-0.2, -0.15) is 0 Å². The largest absolute Gasteiger partial charge is 0.389 e. The third-order valence-electron chi connectivity index (χ3n) is 4.34. The van der Waals surface area contributed by atoms with Crippen molar-refractivity contribution >= 4 is 0 Å². The van der Waals surface area contributed by atoms with E-state index in [4.69, 9.17) is 9.47 Å². The Kier molecular flexibility index (Phi) is 9.87. The van der Waals surface area contributed by atoms with Crippen LogP contribution in [-0.2, 0) is 22.6 Å². The highest BCUT2D eigenvalue weighted by Gasteiger charge is 2.14. The van der Waals surface area contributed by atoms with Gasteiger partial charge in [-0.1, -0.05) is 36.4 Å². The number of methoxy groups -OCH3 is 1. The normalized spacial score (nSPS) is 12.4. The Morgan fingerprint density at radius 3 is 2.78 bits per heavy atom. The molecule has 0 radical (unpaired) electrons. The molecule has 27 heavy (non-hydrogen) atoms. The van der Waals surface area contributed by atoms with Crippen molar-refractivity contribution in [2.75, 3.05) is 40.0 Å². The third-order valence-corrected chi connectivity index (χ3v) is 4.34. The fourth-order valence-electron chi connectivity index (χ4n) is 3.06. The van der Waals surface area contributed by atoms with E-state index in [0.29, 0.717) is 26.4 Å². The van der Waals surface area contributed by atoms with Crippen molar-refractivity contribution in [1.82, 2.24) is 9.47 Å². The van der Waals surface area contributed by atoms with Crippen LogP contribution in [-0.4, -0.2) is 60.7 Å².